The SMILES string of the molecule is CC(=O)Nc1sc(C(=O)N/N=C\c2c(O)[nH]c(=O)[nH]c2=O)c(C)c1C#N. The normalized spacial score (nSPS) is 10.5. The molecule has 5 N–H and O–H groups in total. The zero-order chi connectivity index (χ0) is 19.4. The molecule has 12 heteroatoms. The smallest absolute Gasteiger partial charge is 0.328 e. The third kappa shape index (κ3) is 3.84. The van der Waals surface area contributed by atoms with Crippen LogP contribution in [0.1, 0.15) is 33.3 Å². The molecule has 0 saturated heterocycles. The van der Waals surface area contributed by atoms with Crippen molar-refractivity contribution in [3.63, 3.8) is 0 Å². The molecule has 0 aliphatic rings. The van der Waals surface area contributed by atoms with Crippen molar-refractivity contribution in [3.05, 3.63) is 42.4 Å². The summed E-state index contributed by atoms with van der Waals surface area (Å²) >= 11 is 0.896. The van der Waals surface area contributed by atoms with Crippen LogP contribution in [-0.2, 0) is 4.79 Å². The van der Waals surface area contributed by atoms with Gasteiger partial charge >= 0.3 is 5.69 Å². The summed E-state index contributed by atoms with van der Waals surface area (Å²) < 4.78 is 0. The van der Waals surface area contributed by atoms with E-state index in [1.807, 2.05) is 16.0 Å². The fourth-order valence-electron chi connectivity index (χ4n) is 1.92. The highest BCUT2D eigenvalue weighted by Crippen LogP contribution is 2.32. The van der Waals surface area contributed by atoms with E-state index in [1.165, 1.54) is 13.8 Å². The Kier molecular flexibility index (Phi) is 5.33. The number of thiophene rings is 1. The minimum atomic E-state index is -0.892. The zero-order valence-electron chi connectivity index (χ0n) is 13.5. The number of carbonyl (C=O) groups excluding carboxylic acids is 2. The molecule has 11 nitrogen and oxygen atoms in total. The van der Waals surface area contributed by atoms with E-state index < -0.39 is 23.0 Å². The van der Waals surface area contributed by atoms with Gasteiger partial charge in [0.05, 0.1) is 11.8 Å². The van der Waals surface area contributed by atoms with E-state index >= 15 is 0 Å². The number of aromatic amines is 2. The van der Waals surface area contributed by atoms with E-state index in [2.05, 4.69) is 15.8 Å². The summed E-state index contributed by atoms with van der Waals surface area (Å²) in [6.07, 6.45) is 0.852. The van der Waals surface area contributed by atoms with Crippen LogP contribution in [-0.4, -0.2) is 33.1 Å². The molecule has 2 aromatic heterocycles. The Labute approximate surface area is 149 Å². The lowest BCUT2D eigenvalue weighted by molar-refractivity contribution is -0.114. The molecule has 0 fully saturated rings. The second kappa shape index (κ2) is 7.45. The van der Waals surface area contributed by atoms with Crippen LogP contribution in [0.3, 0.4) is 0 Å². The number of aromatic nitrogens is 2. The van der Waals surface area contributed by atoms with Gasteiger partial charge in [0.1, 0.15) is 21.5 Å². The second-order valence-corrected chi connectivity index (χ2v) is 5.94. The van der Waals surface area contributed by atoms with Crippen LogP contribution in [0.15, 0.2) is 14.7 Å². The number of nitrogens with zero attached hydrogens (tertiary/aromatic N) is 2. The molecule has 0 bridgehead atoms. The molecule has 0 unspecified atom stereocenters. The first-order valence-electron chi connectivity index (χ1n) is 6.94. The van der Waals surface area contributed by atoms with Crippen LogP contribution in [0.2, 0.25) is 0 Å². The maximum Gasteiger partial charge on any atom is 0.328 e. The predicted molar refractivity (Wildman–Crippen MR) is 92.5 cm³/mol. The van der Waals surface area contributed by atoms with Crippen molar-refractivity contribution in [1.82, 2.24) is 15.4 Å². The lowest BCUT2D eigenvalue weighted by Gasteiger charge is -1.99. The molecule has 2 rings (SSSR count). The van der Waals surface area contributed by atoms with Crippen LogP contribution < -0.4 is 22.0 Å². The van der Waals surface area contributed by atoms with Gasteiger partial charge < -0.3 is 10.4 Å². The third-order valence-corrected chi connectivity index (χ3v) is 4.28. The zero-order valence-corrected chi connectivity index (χ0v) is 14.3. The molecule has 2 heterocycles. The van der Waals surface area contributed by atoms with Gasteiger partial charge in [0, 0.05) is 6.92 Å². The highest BCUT2D eigenvalue weighted by molar-refractivity contribution is 7.18. The number of anilines is 1. The third-order valence-electron chi connectivity index (χ3n) is 3.07. The molecule has 26 heavy (non-hydrogen) atoms. The minimum absolute atomic E-state index is 0.141. The van der Waals surface area contributed by atoms with Crippen LogP contribution in [0.25, 0.3) is 0 Å². The van der Waals surface area contributed by atoms with Gasteiger partial charge in [0.2, 0.25) is 11.8 Å². The Morgan fingerprint density at radius 3 is 2.62 bits per heavy atom. The van der Waals surface area contributed by atoms with Crippen LogP contribution in [0.4, 0.5) is 5.00 Å². The van der Waals surface area contributed by atoms with E-state index in [4.69, 9.17) is 5.26 Å². The van der Waals surface area contributed by atoms with E-state index in [-0.39, 0.29) is 26.9 Å². The van der Waals surface area contributed by atoms with E-state index in [0.717, 1.165) is 17.6 Å². The monoisotopic (exact) mass is 376 g/mol. The molecule has 0 aliphatic heterocycles. The number of hydrogen-bond acceptors (Lipinski definition) is 8. The first-order valence-corrected chi connectivity index (χ1v) is 7.76. The molecular weight excluding hydrogens is 364 g/mol. The minimum Gasteiger partial charge on any atom is -0.494 e. The maximum atomic E-state index is 12.2. The number of aromatic hydroxyl groups is 1. The average Bonchev–Trinajstić information content (AvgIpc) is 2.84. The summed E-state index contributed by atoms with van der Waals surface area (Å²) in [7, 11) is 0. The highest BCUT2D eigenvalue weighted by atomic mass is 32.1. The second-order valence-electron chi connectivity index (χ2n) is 4.92. The van der Waals surface area contributed by atoms with Gasteiger partial charge in [0.25, 0.3) is 11.5 Å². The summed E-state index contributed by atoms with van der Waals surface area (Å²) in [6, 6.07) is 1.91. The molecule has 0 aromatic carbocycles. The first-order chi connectivity index (χ1) is 12.2. The molecular formula is C14H12N6O5S. The van der Waals surface area contributed by atoms with Crippen LogP contribution in [0, 0.1) is 18.3 Å². The molecule has 2 amide bonds. The van der Waals surface area contributed by atoms with Gasteiger partial charge in [-0.15, -0.1) is 11.3 Å². The quantitative estimate of drug-likeness (QED) is 0.362. The summed E-state index contributed by atoms with van der Waals surface area (Å²) in [5.41, 5.74) is 0.519. The standard InChI is InChI=1S/C14H12N6O5S/c1-5-7(3-15)13(17-6(2)21)26-9(5)12(24)20-16-4-8-10(22)18-14(25)19-11(8)23/h4H,1-2H3,(H,17,21)(H,20,24)(H3,18,19,22,23,25)/b16-4-. The predicted octanol–water partition coefficient (Wildman–Crippen LogP) is -0.267. The molecule has 0 aliphatic carbocycles. The number of nitriles is 1. The van der Waals surface area contributed by atoms with Crippen LogP contribution >= 0.6 is 11.3 Å². The average molecular weight is 376 g/mol. The van der Waals surface area contributed by atoms with Gasteiger partial charge in [-0.2, -0.15) is 10.4 Å². The van der Waals surface area contributed by atoms with Crippen molar-refractivity contribution < 1.29 is 14.7 Å². The lowest BCUT2D eigenvalue weighted by Crippen LogP contribution is -2.25. The van der Waals surface area contributed by atoms with E-state index in [1.54, 1.807) is 0 Å². The van der Waals surface area contributed by atoms with Crippen molar-refractivity contribution >= 4 is 34.4 Å². The molecule has 0 spiro atoms. The van der Waals surface area contributed by atoms with Crippen molar-refractivity contribution in [1.29, 1.82) is 5.26 Å². The molecule has 2 aromatic rings. The Hall–Kier alpha value is -3.72. The molecule has 0 saturated carbocycles. The van der Waals surface area contributed by atoms with E-state index in [0.29, 0.717) is 5.56 Å². The summed E-state index contributed by atoms with van der Waals surface area (Å²) in [5.74, 6) is -1.78. The fraction of sp³-hybridized carbons (Fsp3) is 0.143. The molecule has 134 valence electrons. The number of hydrogen-bond donors (Lipinski definition) is 5. The van der Waals surface area contributed by atoms with Gasteiger partial charge in [-0.25, -0.2) is 10.2 Å². The highest BCUT2D eigenvalue weighted by Gasteiger charge is 2.20. The Morgan fingerprint density at radius 2 is 2.04 bits per heavy atom. The van der Waals surface area contributed by atoms with Crippen LogP contribution in [0.5, 0.6) is 5.88 Å². The number of H-pyrrole nitrogens is 2. The molecule has 0 atom stereocenters. The number of rotatable bonds is 4. The fourth-order valence-corrected chi connectivity index (χ4v) is 3.02. The Balaban J connectivity index is 2.25. The maximum absolute atomic E-state index is 12.2. The number of amides is 2. The van der Waals surface area contributed by atoms with Crippen molar-refractivity contribution in [2.75, 3.05) is 5.32 Å². The summed E-state index contributed by atoms with van der Waals surface area (Å²) in [4.78, 5) is 49.9. The van der Waals surface area contributed by atoms with Crippen molar-refractivity contribution in [2.24, 2.45) is 5.10 Å². The Bertz CT molecular complexity index is 1070. The van der Waals surface area contributed by atoms with Crippen molar-refractivity contribution in [3.8, 4) is 11.9 Å². The number of carbonyl (C=O) groups is 2. The van der Waals surface area contributed by atoms with Crippen molar-refractivity contribution in [2.45, 2.75) is 13.8 Å². The number of nitrogens with one attached hydrogen (secondary N) is 4. The first kappa shape index (κ1) is 18.6. The van der Waals surface area contributed by atoms with Gasteiger partial charge in [-0.05, 0) is 12.5 Å². The topological polar surface area (TPSA) is 180 Å². The number of hydrazone groups is 1. The largest absolute Gasteiger partial charge is 0.494 e. The van der Waals surface area contributed by atoms with Gasteiger partial charge in [0.15, 0.2) is 0 Å². The molecule has 0 radical (unpaired) electrons. The summed E-state index contributed by atoms with van der Waals surface area (Å²) in [6.45, 7) is 2.81. The van der Waals surface area contributed by atoms with Gasteiger partial charge in [-0.1, -0.05) is 0 Å². The Morgan fingerprint density at radius 1 is 1.35 bits per heavy atom. The lowest BCUT2D eigenvalue weighted by atomic mass is 10.1. The van der Waals surface area contributed by atoms with Gasteiger partial charge in [-0.3, -0.25) is 24.4 Å². The van der Waals surface area contributed by atoms with E-state index in [9.17, 15) is 24.3 Å². The summed E-state index contributed by atoms with van der Waals surface area (Å²) in [5, 5.41) is 24.9.